The van der Waals surface area contributed by atoms with Crippen molar-refractivity contribution in [3.8, 4) is 12.1 Å². The van der Waals surface area contributed by atoms with Gasteiger partial charge in [0.05, 0.1) is 30.8 Å². The number of carboxylic acid groups (broad SMARTS) is 1. The second-order valence-corrected chi connectivity index (χ2v) is 10.5. The lowest BCUT2D eigenvalue weighted by Gasteiger charge is -2.41. The molecule has 1 amide bonds. The Bertz CT molecular complexity index is 1400. The van der Waals surface area contributed by atoms with E-state index in [1.54, 1.807) is 0 Å². The summed E-state index contributed by atoms with van der Waals surface area (Å²) in [6.45, 7) is 4.21. The number of nitriles is 1. The van der Waals surface area contributed by atoms with Crippen LogP contribution < -0.4 is 19.9 Å². The van der Waals surface area contributed by atoms with E-state index in [2.05, 4.69) is 63.7 Å². The number of amides is 1. The van der Waals surface area contributed by atoms with Crippen molar-refractivity contribution in [2.45, 2.75) is 44.3 Å². The maximum Gasteiger partial charge on any atom is 0.407 e. The van der Waals surface area contributed by atoms with Gasteiger partial charge in [-0.3, -0.25) is 0 Å². The molecular weight excluding hydrogens is 494 g/mol. The lowest BCUT2D eigenvalue weighted by Crippen LogP contribution is -2.55. The fourth-order valence-corrected chi connectivity index (χ4v) is 6.06. The van der Waals surface area contributed by atoms with Gasteiger partial charge in [-0.1, -0.05) is 36.4 Å². The maximum atomic E-state index is 11.8. The van der Waals surface area contributed by atoms with E-state index in [-0.39, 0.29) is 6.42 Å². The van der Waals surface area contributed by atoms with E-state index in [0.29, 0.717) is 44.8 Å². The summed E-state index contributed by atoms with van der Waals surface area (Å²) in [4.78, 5) is 27.4. The van der Waals surface area contributed by atoms with Gasteiger partial charge in [-0.05, 0) is 37.3 Å². The predicted octanol–water partition coefficient (Wildman–Crippen LogP) is 3.41. The fourth-order valence-electron chi connectivity index (χ4n) is 6.06. The van der Waals surface area contributed by atoms with Crippen LogP contribution in [0, 0.1) is 11.3 Å². The molecule has 4 heterocycles. The first-order valence-corrected chi connectivity index (χ1v) is 13.7. The minimum atomic E-state index is -0.988. The van der Waals surface area contributed by atoms with E-state index in [4.69, 9.17) is 14.7 Å². The summed E-state index contributed by atoms with van der Waals surface area (Å²) in [6.07, 6.45) is 2.12. The topological polar surface area (TPSA) is 118 Å². The van der Waals surface area contributed by atoms with Gasteiger partial charge in [0, 0.05) is 48.9 Å². The Kier molecular flexibility index (Phi) is 7.07. The average molecular weight is 528 g/mol. The largest absolute Gasteiger partial charge is 0.465 e. The standard InChI is InChI=1S/C29H33N7O3/c30-12-10-22-17-35(15-16-36(22)29(37)38)27-24-11-14-34(26-9-3-6-20-5-1-2-8-23(20)26)18-25(24)32-28(33-27)39-19-21-7-4-13-31-21/h1-3,5-6,8-9,21-22,31H,4,7,10-11,13-19H2,(H,37,38). The highest BCUT2D eigenvalue weighted by molar-refractivity contribution is 5.94. The number of carbonyl (C=O) groups is 1. The number of fused-ring (bicyclic) bond motifs is 2. The van der Waals surface area contributed by atoms with Crippen LogP contribution in [0.15, 0.2) is 42.5 Å². The molecule has 2 saturated heterocycles. The van der Waals surface area contributed by atoms with Crippen LogP contribution in [-0.4, -0.2) is 77.5 Å². The number of aromatic nitrogens is 2. The van der Waals surface area contributed by atoms with Crippen LogP contribution in [0.1, 0.15) is 30.5 Å². The number of nitrogens with zero attached hydrogens (tertiary/aromatic N) is 6. The van der Waals surface area contributed by atoms with Gasteiger partial charge in [0.2, 0.25) is 0 Å². The normalized spacial score (nSPS) is 21.1. The summed E-state index contributed by atoms with van der Waals surface area (Å²) in [6, 6.07) is 17.2. The minimum Gasteiger partial charge on any atom is -0.465 e. The van der Waals surface area contributed by atoms with Crippen LogP contribution in [0.5, 0.6) is 6.01 Å². The molecule has 2 atom stereocenters. The van der Waals surface area contributed by atoms with Crippen LogP contribution in [0.4, 0.5) is 16.3 Å². The molecule has 0 bridgehead atoms. The molecule has 3 aliphatic rings. The molecule has 3 aromatic rings. The zero-order valence-corrected chi connectivity index (χ0v) is 21.9. The van der Waals surface area contributed by atoms with Gasteiger partial charge in [-0.2, -0.15) is 15.2 Å². The molecule has 10 nitrogen and oxygen atoms in total. The Hall–Kier alpha value is -4.10. The molecule has 0 spiro atoms. The van der Waals surface area contributed by atoms with Gasteiger partial charge in [0.15, 0.2) is 0 Å². The van der Waals surface area contributed by atoms with Crippen LogP contribution >= 0.6 is 0 Å². The van der Waals surface area contributed by atoms with Gasteiger partial charge in [-0.25, -0.2) is 4.79 Å². The molecule has 10 heteroatoms. The highest BCUT2D eigenvalue weighted by Crippen LogP contribution is 2.34. The lowest BCUT2D eigenvalue weighted by atomic mass is 10.0. The van der Waals surface area contributed by atoms with Crippen LogP contribution in [-0.2, 0) is 13.0 Å². The SMILES string of the molecule is N#CCC1CN(c2nc(OCC3CCCN3)nc3c2CCN(c2cccc4ccccc24)C3)CCN1C(=O)O. The molecule has 2 unspecified atom stereocenters. The van der Waals surface area contributed by atoms with Crippen LogP contribution in [0.3, 0.4) is 0 Å². The molecule has 6 rings (SSSR count). The van der Waals surface area contributed by atoms with E-state index < -0.39 is 12.1 Å². The Labute approximate surface area is 227 Å². The molecule has 2 aromatic carbocycles. The third kappa shape index (κ3) is 5.14. The summed E-state index contributed by atoms with van der Waals surface area (Å²) in [5.41, 5.74) is 3.20. The summed E-state index contributed by atoms with van der Waals surface area (Å²) in [5.74, 6) is 0.805. The highest BCUT2D eigenvalue weighted by Gasteiger charge is 2.34. The Morgan fingerprint density at radius 1 is 1.13 bits per heavy atom. The second kappa shape index (κ2) is 10.9. The number of benzene rings is 2. The number of hydrogen-bond donors (Lipinski definition) is 2. The Morgan fingerprint density at radius 3 is 2.82 bits per heavy atom. The summed E-state index contributed by atoms with van der Waals surface area (Å²) in [7, 11) is 0. The highest BCUT2D eigenvalue weighted by atomic mass is 16.5. The molecule has 1 aromatic heterocycles. The van der Waals surface area contributed by atoms with Crippen LogP contribution in [0.25, 0.3) is 10.8 Å². The van der Waals surface area contributed by atoms with Gasteiger partial charge in [0.1, 0.15) is 12.4 Å². The lowest BCUT2D eigenvalue weighted by molar-refractivity contribution is 0.119. The number of hydrogen-bond acceptors (Lipinski definition) is 8. The molecule has 2 fully saturated rings. The minimum absolute atomic E-state index is 0.141. The Morgan fingerprint density at radius 2 is 2.00 bits per heavy atom. The zero-order valence-electron chi connectivity index (χ0n) is 21.9. The van der Waals surface area contributed by atoms with Crippen molar-refractivity contribution in [2.75, 3.05) is 49.1 Å². The van der Waals surface area contributed by atoms with E-state index in [1.807, 2.05) is 0 Å². The van der Waals surface area contributed by atoms with Crippen molar-refractivity contribution in [1.82, 2.24) is 20.2 Å². The Balaban J connectivity index is 1.33. The van der Waals surface area contributed by atoms with Crippen molar-refractivity contribution in [3.05, 3.63) is 53.7 Å². The number of piperazine rings is 1. The first kappa shape index (κ1) is 25.2. The molecule has 0 saturated carbocycles. The maximum absolute atomic E-state index is 11.8. The third-order valence-corrected chi connectivity index (χ3v) is 8.06. The van der Waals surface area contributed by atoms with Gasteiger partial charge in [0.25, 0.3) is 0 Å². The van der Waals surface area contributed by atoms with Crippen molar-refractivity contribution < 1.29 is 14.6 Å². The summed E-state index contributed by atoms with van der Waals surface area (Å²) < 4.78 is 6.15. The van der Waals surface area contributed by atoms with Gasteiger partial charge >= 0.3 is 12.1 Å². The number of anilines is 2. The zero-order chi connectivity index (χ0) is 26.8. The monoisotopic (exact) mass is 527 g/mol. The quantitative estimate of drug-likeness (QED) is 0.497. The third-order valence-electron chi connectivity index (χ3n) is 8.06. The molecule has 2 N–H and O–H groups in total. The van der Waals surface area contributed by atoms with Crippen molar-refractivity contribution >= 4 is 28.4 Å². The van der Waals surface area contributed by atoms with Crippen molar-refractivity contribution in [3.63, 3.8) is 0 Å². The average Bonchev–Trinajstić information content (AvgIpc) is 3.49. The first-order valence-electron chi connectivity index (χ1n) is 13.7. The molecule has 202 valence electrons. The van der Waals surface area contributed by atoms with E-state index in [9.17, 15) is 15.2 Å². The summed E-state index contributed by atoms with van der Waals surface area (Å²) >= 11 is 0. The molecule has 0 radical (unpaired) electrons. The number of nitrogens with one attached hydrogen (secondary N) is 1. The van der Waals surface area contributed by atoms with Crippen molar-refractivity contribution in [1.29, 1.82) is 5.26 Å². The predicted molar refractivity (Wildman–Crippen MR) is 148 cm³/mol. The van der Waals surface area contributed by atoms with Gasteiger partial charge < -0.3 is 29.9 Å². The molecule has 3 aliphatic heterocycles. The van der Waals surface area contributed by atoms with Gasteiger partial charge in [-0.15, -0.1) is 0 Å². The fraction of sp³-hybridized carbons (Fsp3) is 0.448. The second-order valence-electron chi connectivity index (χ2n) is 10.5. The first-order chi connectivity index (χ1) is 19.1. The smallest absolute Gasteiger partial charge is 0.407 e. The van der Waals surface area contributed by atoms with Crippen LogP contribution in [0.2, 0.25) is 0 Å². The van der Waals surface area contributed by atoms with E-state index in [1.165, 1.54) is 21.4 Å². The summed E-state index contributed by atoms with van der Waals surface area (Å²) in [5, 5.41) is 24.9. The molecule has 39 heavy (non-hydrogen) atoms. The molecular formula is C29H33N7O3. The molecule has 0 aliphatic carbocycles. The van der Waals surface area contributed by atoms with Crippen molar-refractivity contribution in [2.24, 2.45) is 0 Å². The van der Waals surface area contributed by atoms with E-state index in [0.717, 1.165) is 49.4 Å². The number of ether oxygens (including phenoxy) is 1. The van der Waals surface area contributed by atoms with E-state index >= 15 is 0 Å². The number of rotatable bonds is 6.